The van der Waals surface area contributed by atoms with Gasteiger partial charge in [-0.05, 0) is 67.9 Å². The van der Waals surface area contributed by atoms with Gasteiger partial charge in [0, 0.05) is 56.7 Å². The van der Waals surface area contributed by atoms with Crippen molar-refractivity contribution in [1.82, 2.24) is 14.9 Å². The number of nitrogens with zero attached hydrogens (tertiary/aromatic N) is 4. The minimum absolute atomic E-state index is 0.0110. The lowest BCUT2D eigenvalue weighted by Crippen LogP contribution is -2.51. The average Bonchev–Trinajstić information content (AvgIpc) is 3.29. The largest absolute Gasteiger partial charge is 0.366 e. The summed E-state index contributed by atoms with van der Waals surface area (Å²) < 4.78 is 0. The van der Waals surface area contributed by atoms with E-state index in [-0.39, 0.29) is 22.5 Å². The second-order valence-electron chi connectivity index (χ2n) is 13.9. The minimum Gasteiger partial charge on any atom is -0.366 e. The number of allylic oxidation sites excluding steroid dienone is 6. The normalized spacial score (nSPS) is 33.0. The van der Waals surface area contributed by atoms with Crippen molar-refractivity contribution < 1.29 is 9.59 Å². The summed E-state index contributed by atoms with van der Waals surface area (Å²) in [6.45, 7) is 19.6. The van der Waals surface area contributed by atoms with Crippen molar-refractivity contribution in [3.8, 4) is 0 Å². The molecule has 2 N–H and O–H groups in total. The number of hydrogen-bond donors (Lipinski definition) is 2. The number of carbonyl (C=O) groups is 2. The van der Waals surface area contributed by atoms with Crippen molar-refractivity contribution in [2.45, 2.75) is 46.5 Å². The molecule has 44 heavy (non-hydrogen) atoms. The SMILES string of the molecule is C=CCNc1cc(N2CCN(CC(=O)[C@H]3[C@H](C)C[C@H]4[C@@H]5CCC6=CC(=O)C=C[C@]6(C)C5=CC[C@@]43C)CC2)nc(NCC=C)n1. The molecular weight excluding hydrogens is 548 g/mol. The molecular formula is C36H48N6O2. The molecule has 8 nitrogen and oxygen atoms in total. The van der Waals surface area contributed by atoms with E-state index >= 15 is 0 Å². The fraction of sp³-hybridized carbons (Fsp3) is 0.556. The van der Waals surface area contributed by atoms with Crippen LogP contribution < -0.4 is 15.5 Å². The Morgan fingerprint density at radius 1 is 1.11 bits per heavy atom. The standard InChI is InChI=1S/C36H48N6O2/c1-6-14-37-31-22-32(40-34(39-31)38-15-7-2)42-18-16-41(17-19-42)23-30(44)33-24(3)20-29-27-9-8-25-21-26(43)10-12-35(25,4)28(27)11-13-36(29,33)5/h6-7,10-12,21-22,24,27,29,33H,1-2,8-9,13-20,23H2,3-5H3,(H2,37,38,39,40)/t24-,27-,29+,33-,35+,36+/m1/s1. The summed E-state index contributed by atoms with van der Waals surface area (Å²) in [5, 5.41) is 6.49. The van der Waals surface area contributed by atoms with Crippen LogP contribution in [0.2, 0.25) is 0 Å². The van der Waals surface area contributed by atoms with Crippen LogP contribution in [0.1, 0.15) is 46.5 Å². The number of piperazine rings is 1. The quantitative estimate of drug-likeness (QED) is 0.345. The lowest BCUT2D eigenvalue weighted by atomic mass is 9.52. The lowest BCUT2D eigenvalue weighted by molar-refractivity contribution is -0.129. The van der Waals surface area contributed by atoms with Crippen molar-refractivity contribution in [1.29, 1.82) is 0 Å². The number of hydrogen-bond acceptors (Lipinski definition) is 8. The Labute approximate surface area is 262 Å². The molecule has 2 heterocycles. The van der Waals surface area contributed by atoms with Crippen molar-refractivity contribution in [2.24, 2.45) is 34.5 Å². The zero-order chi connectivity index (χ0) is 31.1. The Balaban J connectivity index is 1.12. The highest BCUT2D eigenvalue weighted by atomic mass is 16.1. The molecule has 0 amide bonds. The van der Waals surface area contributed by atoms with Gasteiger partial charge in [0.25, 0.3) is 0 Å². The minimum atomic E-state index is -0.141. The maximum atomic E-state index is 14.1. The highest BCUT2D eigenvalue weighted by Gasteiger charge is 2.59. The number of Topliss-reactive ketones (excluding diaryl/α,β-unsaturated/α-hetero) is 1. The molecule has 1 aliphatic heterocycles. The number of fused-ring (bicyclic) bond motifs is 5. The maximum absolute atomic E-state index is 14.1. The van der Waals surface area contributed by atoms with Crippen LogP contribution in [0, 0.1) is 34.5 Å². The zero-order valence-electron chi connectivity index (χ0n) is 26.6. The Morgan fingerprint density at radius 2 is 1.86 bits per heavy atom. The molecule has 2 saturated carbocycles. The van der Waals surface area contributed by atoms with Crippen LogP contribution in [0.3, 0.4) is 0 Å². The molecule has 0 spiro atoms. The molecule has 5 aliphatic rings. The Kier molecular flexibility index (Phi) is 8.40. The molecule has 0 radical (unpaired) electrons. The Morgan fingerprint density at radius 3 is 2.61 bits per heavy atom. The second-order valence-corrected chi connectivity index (χ2v) is 13.9. The summed E-state index contributed by atoms with van der Waals surface area (Å²) in [4.78, 5) is 40.2. The molecule has 0 bridgehead atoms. The summed E-state index contributed by atoms with van der Waals surface area (Å²) in [5.41, 5.74) is 2.61. The fourth-order valence-corrected chi connectivity index (χ4v) is 9.14. The molecule has 1 aromatic heterocycles. The van der Waals surface area contributed by atoms with E-state index in [0.29, 0.717) is 49.1 Å². The first kappa shape index (κ1) is 30.5. The van der Waals surface area contributed by atoms with Crippen molar-refractivity contribution in [2.75, 3.05) is 61.3 Å². The Hall–Kier alpha value is -3.52. The smallest absolute Gasteiger partial charge is 0.226 e. The average molecular weight is 597 g/mol. The number of rotatable bonds is 10. The third-order valence-electron chi connectivity index (χ3n) is 11.3. The van der Waals surface area contributed by atoms with E-state index in [2.05, 4.69) is 71.5 Å². The van der Waals surface area contributed by atoms with Gasteiger partial charge in [0.1, 0.15) is 11.6 Å². The van der Waals surface area contributed by atoms with E-state index in [1.165, 1.54) is 11.1 Å². The highest BCUT2D eigenvalue weighted by Crippen LogP contribution is 2.65. The van der Waals surface area contributed by atoms with E-state index in [4.69, 9.17) is 4.98 Å². The monoisotopic (exact) mass is 596 g/mol. The highest BCUT2D eigenvalue weighted by molar-refractivity contribution is 6.01. The molecule has 0 unspecified atom stereocenters. The van der Waals surface area contributed by atoms with Gasteiger partial charge in [-0.1, -0.05) is 49.3 Å². The molecule has 1 aromatic rings. The van der Waals surface area contributed by atoms with E-state index in [9.17, 15) is 9.59 Å². The molecule has 6 atom stereocenters. The predicted octanol–water partition coefficient (Wildman–Crippen LogP) is 5.45. The van der Waals surface area contributed by atoms with E-state index in [1.54, 1.807) is 12.2 Å². The number of anilines is 3. The van der Waals surface area contributed by atoms with Gasteiger partial charge in [-0.25, -0.2) is 0 Å². The molecule has 6 rings (SSSR count). The van der Waals surface area contributed by atoms with Crippen molar-refractivity contribution >= 4 is 29.2 Å². The van der Waals surface area contributed by atoms with Crippen molar-refractivity contribution in [3.63, 3.8) is 0 Å². The first-order chi connectivity index (χ1) is 21.2. The Bertz CT molecular complexity index is 1390. The summed E-state index contributed by atoms with van der Waals surface area (Å²) in [6.07, 6.45) is 15.9. The fourth-order valence-electron chi connectivity index (χ4n) is 9.14. The topological polar surface area (TPSA) is 90.5 Å². The molecule has 8 heteroatoms. The van der Waals surface area contributed by atoms with Crippen LogP contribution in [0.4, 0.5) is 17.6 Å². The third kappa shape index (κ3) is 5.46. The van der Waals surface area contributed by atoms with Crippen molar-refractivity contribution in [3.05, 3.63) is 66.8 Å². The first-order valence-electron chi connectivity index (χ1n) is 16.4. The maximum Gasteiger partial charge on any atom is 0.226 e. The van der Waals surface area contributed by atoms with Gasteiger partial charge in [0.05, 0.1) is 6.54 Å². The second kappa shape index (κ2) is 12.1. The number of ketones is 2. The summed E-state index contributed by atoms with van der Waals surface area (Å²) in [7, 11) is 0. The number of nitrogens with one attached hydrogen (secondary N) is 2. The lowest BCUT2D eigenvalue weighted by Gasteiger charge is -2.52. The van der Waals surface area contributed by atoms with Crippen LogP contribution in [0.15, 0.2) is 66.8 Å². The molecule has 4 aliphatic carbocycles. The summed E-state index contributed by atoms with van der Waals surface area (Å²) in [6, 6.07) is 1.99. The number of carbonyl (C=O) groups excluding carboxylic acids is 2. The van der Waals surface area contributed by atoms with Crippen LogP contribution in [-0.4, -0.2) is 72.2 Å². The van der Waals surface area contributed by atoms with E-state index in [0.717, 1.165) is 63.5 Å². The van der Waals surface area contributed by atoms with Gasteiger partial charge in [-0.3, -0.25) is 14.5 Å². The summed E-state index contributed by atoms with van der Waals surface area (Å²) in [5.74, 6) is 4.19. The van der Waals surface area contributed by atoms with Gasteiger partial charge in [-0.2, -0.15) is 9.97 Å². The third-order valence-corrected chi connectivity index (χ3v) is 11.3. The van der Waals surface area contributed by atoms with Crippen LogP contribution in [-0.2, 0) is 9.59 Å². The van der Waals surface area contributed by atoms with Gasteiger partial charge >= 0.3 is 0 Å². The van der Waals surface area contributed by atoms with E-state index in [1.807, 2.05) is 18.2 Å². The van der Waals surface area contributed by atoms with E-state index < -0.39 is 0 Å². The van der Waals surface area contributed by atoms with Gasteiger partial charge < -0.3 is 15.5 Å². The van der Waals surface area contributed by atoms with Crippen LogP contribution in [0.25, 0.3) is 0 Å². The van der Waals surface area contributed by atoms with Crippen LogP contribution in [0.5, 0.6) is 0 Å². The predicted molar refractivity (Wildman–Crippen MR) is 178 cm³/mol. The number of aromatic nitrogens is 2. The molecule has 1 saturated heterocycles. The van der Waals surface area contributed by atoms with Gasteiger partial charge in [-0.15, -0.1) is 13.2 Å². The molecule has 3 fully saturated rings. The van der Waals surface area contributed by atoms with Gasteiger partial charge in [0.2, 0.25) is 5.95 Å². The summed E-state index contributed by atoms with van der Waals surface area (Å²) >= 11 is 0. The molecule has 234 valence electrons. The first-order valence-corrected chi connectivity index (χ1v) is 16.4. The van der Waals surface area contributed by atoms with Gasteiger partial charge in [0.15, 0.2) is 11.6 Å². The van der Waals surface area contributed by atoms with Crippen LogP contribution >= 0.6 is 0 Å². The molecule has 0 aromatic carbocycles. The zero-order valence-corrected chi connectivity index (χ0v) is 26.6.